The number of amides is 1. The summed E-state index contributed by atoms with van der Waals surface area (Å²) in [4.78, 5) is 12.4. The van der Waals surface area contributed by atoms with Crippen molar-refractivity contribution in [3.05, 3.63) is 48.5 Å². The Kier molecular flexibility index (Phi) is 5.79. The molecule has 0 radical (unpaired) electrons. The van der Waals surface area contributed by atoms with Crippen molar-refractivity contribution in [2.45, 2.75) is 30.8 Å². The van der Waals surface area contributed by atoms with E-state index in [0.717, 1.165) is 12.8 Å². The summed E-state index contributed by atoms with van der Waals surface area (Å²) < 4.78 is 33.7. The fourth-order valence-electron chi connectivity index (χ4n) is 2.99. The maximum absolute atomic E-state index is 12.3. The summed E-state index contributed by atoms with van der Waals surface area (Å²) in [6.45, 7) is 2.68. The Bertz CT molecular complexity index is 895. The third-order valence-corrected chi connectivity index (χ3v) is 5.44. The summed E-state index contributed by atoms with van der Waals surface area (Å²) in [5.41, 5.74) is 0.655. The van der Waals surface area contributed by atoms with Gasteiger partial charge in [-0.3, -0.25) is 4.79 Å². The third-order valence-electron chi connectivity index (χ3n) is 4.51. The van der Waals surface area contributed by atoms with Crippen molar-refractivity contribution in [3.63, 3.8) is 0 Å². The lowest BCUT2D eigenvalue weighted by atomic mass is 9.98. The zero-order chi connectivity index (χ0) is 19.4. The van der Waals surface area contributed by atoms with Crippen LogP contribution in [0.3, 0.4) is 0 Å². The minimum Gasteiger partial charge on any atom is -0.457 e. The molecule has 0 unspecified atom stereocenters. The number of nitrogens with one attached hydrogen (secondary N) is 1. The van der Waals surface area contributed by atoms with E-state index in [-0.39, 0.29) is 16.7 Å². The number of ether oxygens (including phenoxy) is 2. The second-order valence-electron chi connectivity index (χ2n) is 6.38. The molecular weight excluding hydrogens is 368 g/mol. The van der Waals surface area contributed by atoms with Crippen LogP contribution in [0, 0.1) is 5.92 Å². The van der Waals surface area contributed by atoms with Crippen LogP contribution in [-0.4, -0.2) is 27.0 Å². The molecule has 3 rings (SSSR count). The van der Waals surface area contributed by atoms with E-state index < -0.39 is 16.1 Å². The molecule has 2 atom stereocenters. The molecular formula is C19H22N2O5S. The standard InChI is InChI=1S/C19H22N2O5S/c1-2-13-11-12-25-18(13)19(22)21-14-3-5-15(6-4-14)26-16-7-9-17(10-8-16)27(20,23)24/h3-10,13,18H,2,11-12H2,1H3,(H,21,22)(H2,20,23,24)/t13-,18+/m1/s1. The van der Waals surface area contributed by atoms with Crippen LogP contribution in [0.15, 0.2) is 53.4 Å². The van der Waals surface area contributed by atoms with E-state index >= 15 is 0 Å². The van der Waals surface area contributed by atoms with Crippen LogP contribution < -0.4 is 15.2 Å². The SMILES string of the molecule is CC[C@@H]1CCO[C@@H]1C(=O)Nc1ccc(Oc2ccc(S(N)(=O)=O)cc2)cc1. The van der Waals surface area contributed by atoms with E-state index in [2.05, 4.69) is 12.2 Å². The lowest BCUT2D eigenvalue weighted by molar-refractivity contribution is -0.126. The average molecular weight is 390 g/mol. The summed E-state index contributed by atoms with van der Waals surface area (Å²) in [6, 6.07) is 12.7. The van der Waals surface area contributed by atoms with Gasteiger partial charge in [0.15, 0.2) is 0 Å². The van der Waals surface area contributed by atoms with Crippen molar-refractivity contribution >= 4 is 21.6 Å². The zero-order valence-electron chi connectivity index (χ0n) is 14.9. The number of benzene rings is 2. The maximum atomic E-state index is 12.3. The minimum absolute atomic E-state index is 0.0208. The van der Waals surface area contributed by atoms with Crippen LogP contribution in [0.4, 0.5) is 5.69 Å². The molecule has 144 valence electrons. The highest BCUT2D eigenvalue weighted by Gasteiger charge is 2.32. The molecule has 1 aliphatic heterocycles. The lowest BCUT2D eigenvalue weighted by Crippen LogP contribution is -2.32. The van der Waals surface area contributed by atoms with Gasteiger partial charge in [-0.25, -0.2) is 13.6 Å². The molecule has 0 aliphatic carbocycles. The second kappa shape index (κ2) is 8.08. The summed E-state index contributed by atoms with van der Waals surface area (Å²) in [5.74, 6) is 1.16. The van der Waals surface area contributed by atoms with Gasteiger partial charge >= 0.3 is 0 Å². The Morgan fingerprint density at radius 3 is 2.30 bits per heavy atom. The number of sulfonamides is 1. The summed E-state index contributed by atoms with van der Waals surface area (Å²) in [7, 11) is -3.73. The van der Waals surface area contributed by atoms with E-state index in [4.69, 9.17) is 14.6 Å². The fraction of sp³-hybridized carbons (Fsp3) is 0.316. The van der Waals surface area contributed by atoms with Crippen molar-refractivity contribution in [3.8, 4) is 11.5 Å². The topological polar surface area (TPSA) is 108 Å². The molecule has 0 aromatic heterocycles. The van der Waals surface area contributed by atoms with E-state index in [1.165, 1.54) is 24.3 Å². The van der Waals surface area contributed by atoms with Crippen molar-refractivity contribution < 1.29 is 22.7 Å². The van der Waals surface area contributed by atoms with Crippen LogP contribution in [0.1, 0.15) is 19.8 Å². The first-order valence-corrected chi connectivity index (χ1v) is 10.2. The molecule has 8 heteroatoms. The van der Waals surface area contributed by atoms with E-state index in [1.807, 2.05) is 0 Å². The molecule has 2 aromatic carbocycles. The Balaban J connectivity index is 1.61. The molecule has 27 heavy (non-hydrogen) atoms. The first-order chi connectivity index (χ1) is 12.9. The minimum atomic E-state index is -3.73. The Hall–Kier alpha value is -2.42. The number of carbonyl (C=O) groups excluding carboxylic acids is 1. The molecule has 0 bridgehead atoms. The molecule has 0 spiro atoms. The Morgan fingerprint density at radius 2 is 1.74 bits per heavy atom. The van der Waals surface area contributed by atoms with Gasteiger partial charge in [0.2, 0.25) is 10.0 Å². The van der Waals surface area contributed by atoms with Gasteiger partial charge in [0.1, 0.15) is 17.6 Å². The average Bonchev–Trinajstić information content (AvgIpc) is 3.12. The van der Waals surface area contributed by atoms with Gasteiger partial charge in [-0.15, -0.1) is 0 Å². The second-order valence-corrected chi connectivity index (χ2v) is 7.94. The summed E-state index contributed by atoms with van der Waals surface area (Å²) in [6.07, 6.45) is 1.42. The first-order valence-electron chi connectivity index (χ1n) is 8.70. The lowest BCUT2D eigenvalue weighted by Gasteiger charge is -2.16. The highest BCUT2D eigenvalue weighted by atomic mass is 32.2. The van der Waals surface area contributed by atoms with Gasteiger partial charge in [0.05, 0.1) is 4.90 Å². The number of nitrogens with two attached hydrogens (primary N) is 1. The molecule has 1 amide bonds. The van der Waals surface area contributed by atoms with Crippen molar-refractivity contribution in [2.24, 2.45) is 11.1 Å². The Morgan fingerprint density at radius 1 is 1.15 bits per heavy atom. The number of primary sulfonamides is 1. The molecule has 1 fully saturated rings. The van der Waals surface area contributed by atoms with Crippen molar-refractivity contribution in [1.82, 2.24) is 0 Å². The molecule has 2 aromatic rings. The summed E-state index contributed by atoms with van der Waals surface area (Å²) in [5, 5.41) is 7.93. The molecule has 7 nitrogen and oxygen atoms in total. The smallest absolute Gasteiger partial charge is 0.253 e. The van der Waals surface area contributed by atoms with E-state index in [0.29, 0.717) is 23.8 Å². The predicted molar refractivity (Wildman–Crippen MR) is 101 cm³/mol. The Labute approximate surface area is 158 Å². The number of hydrogen-bond acceptors (Lipinski definition) is 5. The number of hydrogen-bond donors (Lipinski definition) is 2. The van der Waals surface area contributed by atoms with Crippen LogP contribution in [0.2, 0.25) is 0 Å². The van der Waals surface area contributed by atoms with Gasteiger partial charge in [-0.1, -0.05) is 13.3 Å². The quantitative estimate of drug-likeness (QED) is 0.788. The molecule has 3 N–H and O–H groups in total. The largest absolute Gasteiger partial charge is 0.457 e. The van der Waals surface area contributed by atoms with Crippen LogP contribution >= 0.6 is 0 Å². The molecule has 1 saturated heterocycles. The van der Waals surface area contributed by atoms with Gasteiger partial charge in [-0.05, 0) is 60.9 Å². The molecule has 1 aliphatic rings. The normalized spacial score (nSPS) is 19.6. The van der Waals surface area contributed by atoms with Gasteiger partial charge < -0.3 is 14.8 Å². The molecule has 0 saturated carbocycles. The fourth-order valence-corrected chi connectivity index (χ4v) is 3.51. The van der Waals surface area contributed by atoms with Crippen LogP contribution in [0.25, 0.3) is 0 Å². The highest BCUT2D eigenvalue weighted by molar-refractivity contribution is 7.89. The third kappa shape index (κ3) is 4.85. The van der Waals surface area contributed by atoms with Gasteiger partial charge in [0, 0.05) is 12.3 Å². The van der Waals surface area contributed by atoms with Crippen LogP contribution in [-0.2, 0) is 19.6 Å². The van der Waals surface area contributed by atoms with Crippen molar-refractivity contribution in [1.29, 1.82) is 0 Å². The van der Waals surface area contributed by atoms with Gasteiger partial charge in [-0.2, -0.15) is 0 Å². The maximum Gasteiger partial charge on any atom is 0.253 e. The van der Waals surface area contributed by atoms with Crippen molar-refractivity contribution in [2.75, 3.05) is 11.9 Å². The number of carbonyl (C=O) groups is 1. The first kappa shape index (κ1) is 19.3. The molecule has 1 heterocycles. The van der Waals surface area contributed by atoms with Crippen LogP contribution in [0.5, 0.6) is 11.5 Å². The predicted octanol–water partition coefficient (Wildman–Crippen LogP) is 2.88. The van der Waals surface area contributed by atoms with E-state index in [9.17, 15) is 13.2 Å². The number of rotatable bonds is 6. The highest BCUT2D eigenvalue weighted by Crippen LogP contribution is 2.27. The summed E-state index contributed by atoms with van der Waals surface area (Å²) >= 11 is 0. The number of anilines is 1. The van der Waals surface area contributed by atoms with Gasteiger partial charge in [0.25, 0.3) is 5.91 Å². The van der Waals surface area contributed by atoms with E-state index in [1.54, 1.807) is 24.3 Å². The monoisotopic (exact) mass is 390 g/mol. The zero-order valence-corrected chi connectivity index (χ0v) is 15.7.